The van der Waals surface area contributed by atoms with Crippen molar-refractivity contribution in [3.8, 4) is 5.75 Å². The summed E-state index contributed by atoms with van der Waals surface area (Å²) in [7, 11) is 0. The van der Waals surface area contributed by atoms with Gasteiger partial charge in [0.1, 0.15) is 11.6 Å². The van der Waals surface area contributed by atoms with Gasteiger partial charge in [-0.3, -0.25) is 4.99 Å². The van der Waals surface area contributed by atoms with E-state index in [9.17, 15) is 0 Å². The maximum Gasteiger partial charge on any atom is 0.125 e. The lowest BCUT2D eigenvalue weighted by atomic mass is 10.2. The summed E-state index contributed by atoms with van der Waals surface area (Å²) < 4.78 is 5.39. The number of aliphatic imine (C=N–C) groups is 1. The zero-order valence-electron chi connectivity index (χ0n) is 11.0. The van der Waals surface area contributed by atoms with Gasteiger partial charge in [0, 0.05) is 5.56 Å². The Morgan fingerprint density at radius 1 is 1.05 bits per heavy atom. The van der Waals surface area contributed by atoms with Gasteiger partial charge in [0.05, 0.1) is 13.2 Å². The fourth-order valence-corrected chi connectivity index (χ4v) is 1.74. The van der Waals surface area contributed by atoms with Crippen molar-refractivity contribution < 1.29 is 4.74 Å². The lowest BCUT2D eigenvalue weighted by Gasteiger charge is -2.05. The highest BCUT2D eigenvalue weighted by atomic mass is 16.5. The van der Waals surface area contributed by atoms with Crippen molar-refractivity contribution in [1.82, 2.24) is 0 Å². The molecule has 0 heterocycles. The summed E-state index contributed by atoms with van der Waals surface area (Å²) in [4.78, 5) is 4.39. The number of nitrogens with zero attached hydrogens (tertiary/aromatic N) is 1. The van der Waals surface area contributed by atoms with Gasteiger partial charge in [-0.05, 0) is 36.8 Å². The first-order valence-electron chi connectivity index (χ1n) is 6.36. The number of hydrogen-bond donors (Lipinski definition) is 1. The number of benzene rings is 2. The molecule has 3 heteroatoms. The fourth-order valence-electron chi connectivity index (χ4n) is 1.74. The Labute approximate surface area is 113 Å². The van der Waals surface area contributed by atoms with E-state index in [-0.39, 0.29) is 0 Å². The smallest absolute Gasteiger partial charge is 0.125 e. The average molecular weight is 254 g/mol. The Kier molecular flexibility index (Phi) is 4.56. The van der Waals surface area contributed by atoms with E-state index in [0.717, 1.165) is 16.9 Å². The molecular weight excluding hydrogens is 236 g/mol. The minimum atomic E-state index is 0.548. The molecule has 0 unspecified atom stereocenters. The van der Waals surface area contributed by atoms with Crippen LogP contribution in [0, 0.1) is 0 Å². The third-order valence-electron chi connectivity index (χ3n) is 2.74. The van der Waals surface area contributed by atoms with E-state index in [2.05, 4.69) is 4.99 Å². The molecule has 0 spiro atoms. The molecular formula is C16H18N2O. The topological polar surface area (TPSA) is 47.6 Å². The molecule has 0 fully saturated rings. The highest BCUT2D eigenvalue weighted by molar-refractivity contribution is 5.97. The van der Waals surface area contributed by atoms with Gasteiger partial charge >= 0.3 is 0 Å². The first kappa shape index (κ1) is 13.1. The van der Waals surface area contributed by atoms with Crippen molar-refractivity contribution in [3.63, 3.8) is 0 Å². The zero-order chi connectivity index (χ0) is 13.5. The van der Waals surface area contributed by atoms with Crippen LogP contribution < -0.4 is 10.5 Å². The van der Waals surface area contributed by atoms with Crippen molar-refractivity contribution >= 4 is 5.84 Å². The molecule has 0 bridgehead atoms. The summed E-state index contributed by atoms with van der Waals surface area (Å²) in [6, 6.07) is 17.7. The Hall–Kier alpha value is -2.29. The van der Waals surface area contributed by atoms with Crippen LogP contribution in [0.4, 0.5) is 0 Å². The molecule has 0 saturated heterocycles. The Bertz CT molecular complexity index is 532. The van der Waals surface area contributed by atoms with Crippen molar-refractivity contribution in [1.29, 1.82) is 0 Å². The Morgan fingerprint density at radius 2 is 1.74 bits per heavy atom. The second kappa shape index (κ2) is 6.59. The van der Waals surface area contributed by atoms with Gasteiger partial charge in [-0.2, -0.15) is 0 Å². The third-order valence-corrected chi connectivity index (χ3v) is 2.74. The molecule has 2 aromatic rings. The van der Waals surface area contributed by atoms with Crippen molar-refractivity contribution in [2.75, 3.05) is 6.61 Å². The molecule has 0 aromatic heterocycles. The first-order valence-corrected chi connectivity index (χ1v) is 6.36. The van der Waals surface area contributed by atoms with Crippen LogP contribution in [-0.2, 0) is 6.54 Å². The second-order valence-electron chi connectivity index (χ2n) is 4.14. The number of rotatable bonds is 5. The van der Waals surface area contributed by atoms with Crippen LogP contribution in [0.2, 0.25) is 0 Å². The Morgan fingerprint density at radius 3 is 2.37 bits per heavy atom. The monoisotopic (exact) mass is 254 g/mol. The van der Waals surface area contributed by atoms with Crippen molar-refractivity contribution in [3.05, 3.63) is 65.7 Å². The maximum atomic E-state index is 5.98. The van der Waals surface area contributed by atoms with Crippen LogP contribution >= 0.6 is 0 Å². The molecule has 0 atom stereocenters. The van der Waals surface area contributed by atoms with Gasteiger partial charge in [-0.1, -0.05) is 30.3 Å². The van der Waals surface area contributed by atoms with Gasteiger partial charge in [0.25, 0.3) is 0 Å². The zero-order valence-corrected chi connectivity index (χ0v) is 11.0. The summed E-state index contributed by atoms with van der Waals surface area (Å²) in [6.45, 7) is 3.22. The molecule has 2 N–H and O–H groups in total. The summed E-state index contributed by atoms with van der Waals surface area (Å²) >= 11 is 0. The van der Waals surface area contributed by atoms with Gasteiger partial charge in [0.15, 0.2) is 0 Å². The largest absolute Gasteiger partial charge is 0.494 e. The van der Waals surface area contributed by atoms with Crippen LogP contribution in [0.5, 0.6) is 5.75 Å². The quantitative estimate of drug-likeness (QED) is 0.658. The molecule has 0 radical (unpaired) electrons. The SMILES string of the molecule is CCOc1ccc(C(N)=NCc2ccccc2)cc1. The predicted molar refractivity (Wildman–Crippen MR) is 78.5 cm³/mol. The highest BCUT2D eigenvalue weighted by Gasteiger charge is 1.99. The Balaban J connectivity index is 2.04. The van der Waals surface area contributed by atoms with Crippen LogP contribution in [0.25, 0.3) is 0 Å². The molecule has 0 aliphatic heterocycles. The standard InChI is InChI=1S/C16H18N2O/c1-2-19-15-10-8-14(9-11-15)16(17)18-12-13-6-4-3-5-7-13/h3-11H,2,12H2,1H3,(H2,17,18). The molecule has 0 saturated carbocycles. The summed E-state index contributed by atoms with van der Waals surface area (Å²) in [5.41, 5.74) is 8.04. The minimum absolute atomic E-state index is 0.548. The van der Waals surface area contributed by atoms with E-state index in [4.69, 9.17) is 10.5 Å². The molecule has 3 nitrogen and oxygen atoms in total. The van der Waals surface area contributed by atoms with E-state index >= 15 is 0 Å². The third kappa shape index (κ3) is 3.85. The number of nitrogens with two attached hydrogens (primary N) is 1. The highest BCUT2D eigenvalue weighted by Crippen LogP contribution is 2.12. The van der Waals surface area contributed by atoms with Gasteiger partial charge in [-0.25, -0.2) is 0 Å². The molecule has 0 aliphatic carbocycles. The summed E-state index contributed by atoms with van der Waals surface area (Å²) in [5.74, 6) is 1.40. The minimum Gasteiger partial charge on any atom is -0.494 e. The van der Waals surface area contributed by atoms with E-state index in [1.807, 2.05) is 61.5 Å². The predicted octanol–water partition coefficient (Wildman–Crippen LogP) is 2.99. The van der Waals surface area contributed by atoms with E-state index in [0.29, 0.717) is 19.0 Å². The van der Waals surface area contributed by atoms with Crippen LogP contribution in [0.1, 0.15) is 18.1 Å². The first-order chi connectivity index (χ1) is 9.29. The summed E-state index contributed by atoms with van der Waals surface area (Å²) in [5, 5.41) is 0. The number of ether oxygens (including phenoxy) is 1. The van der Waals surface area contributed by atoms with E-state index in [1.54, 1.807) is 0 Å². The molecule has 0 amide bonds. The number of hydrogen-bond acceptors (Lipinski definition) is 2. The molecule has 19 heavy (non-hydrogen) atoms. The van der Waals surface area contributed by atoms with Crippen molar-refractivity contribution in [2.45, 2.75) is 13.5 Å². The van der Waals surface area contributed by atoms with Gasteiger partial charge in [-0.15, -0.1) is 0 Å². The van der Waals surface area contributed by atoms with Crippen molar-refractivity contribution in [2.24, 2.45) is 10.7 Å². The van der Waals surface area contributed by atoms with Gasteiger partial charge < -0.3 is 10.5 Å². The van der Waals surface area contributed by atoms with Crippen LogP contribution in [0.3, 0.4) is 0 Å². The molecule has 98 valence electrons. The normalized spacial score (nSPS) is 11.3. The molecule has 2 rings (SSSR count). The lowest BCUT2D eigenvalue weighted by molar-refractivity contribution is 0.340. The maximum absolute atomic E-state index is 5.98. The van der Waals surface area contributed by atoms with E-state index in [1.165, 1.54) is 0 Å². The molecule has 2 aromatic carbocycles. The second-order valence-corrected chi connectivity index (χ2v) is 4.14. The fraction of sp³-hybridized carbons (Fsp3) is 0.188. The van der Waals surface area contributed by atoms with E-state index < -0.39 is 0 Å². The van der Waals surface area contributed by atoms with Gasteiger partial charge in [0.2, 0.25) is 0 Å². The summed E-state index contributed by atoms with van der Waals surface area (Å²) in [6.07, 6.45) is 0. The van der Waals surface area contributed by atoms with Crippen LogP contribution in [-0.4, -0.2) is 12.4 Å². The van der Waals surface area contributed by atoms with Crippen LogP contribution in [0.15, 0.2) is 59.6 Å². The lowest BCUT2D eigenvalue weighted by Crippen LogP contribution is -2.13. The average Bonchev–Trinajstić information content (AvgIpc) is 2.47. The molecule has 0 aliphatic rings. The number of amidine groups is 1.